The third-order valence-electron chi connectivity index (χ3n) is 3.34. The van der Waals surface area contributed by atoms with Gasteiger partial charge in [-0.1, -0.05) is 19.1 Å². The van der Waals surface area contributed by atoms with E-state index in [9.17, 15) is 0 Å². The zero-order chi connectivity index (χ0) is 15.2. The van der Waals surface area contributed by atoms with Crippen molar-refractivity contribution in [3.63, 3.8) is 0 Å². The molecule has 0 aliphatic heterocycles. The number of methoxy groups -OCH3 is 1. The van der Waals surface area contributed by atoms with Crippen molar-refractivity contribution in [2.24, 2.45) is 0 Å². The molecule has 0 radical (unpaired) electrons. The van der Waals surface area contributed by atoms with Gasteiger partial charge in [-0.15, -0.1) is 0 Å². The molecule has 0 amide bonds. The molecule has 0 fully saturated rings. The maximum Gasteiger partial charge on any atom is 0.122 e. The minimum Gasteiger partial charge on any atom is -0.497 e. The van der Waals surface area contributed by atoms with E-state index in [2.05, 4.69) is 22.9 Å². The van der Waals surface area contributed by atoms with Gasteiger partial charge in [0, 0.05) is 24.4 Å². The summed E-state index contributed by atoms with van der Waals surface area (Å²) in [5.41, 5.74) is 9.91. The Morgan fingerprint density at radius 1 is 1.24 bits per heavy atom. The van der Waals surface area contributed by atoms with Gasteiger partial charge in [-0.2, -0.15) is 0 Å². The molecule has 0 spiro atoms. The molecular formula is C17H23N3O. The lowest BCUT2D eigenvalue weighted by Gasteiger charge is -2.25. The third-order valence-corrected chi connectivity index (χ3v) is 3.34. The van der Waals surface area contributed by atoms with Crippen LogP contribution in [0.15, 0.2) is 36.4 Å². The molecule has 2 rings (SSSR count). The molecule has 1 heterocycles. The number of nitrogens with zero attached hydrogens (tertiary/aromatic N) is 2. The van der Waals surface area contributed by atoms with Gasteiger partial charge in [0.25, 0.3) is 0 Å². The summed E-state index contributed by atoms with van der Waals surface area (Å²) in [6.45, 7) is 5.80. The molecule has 112 valence electrons. The van der Waals surface area contributed by atoms with E-state index in [1.165, 1.54) is 0 Å². The van der Waals surface area contributed by atoms with E-state index in [1.807, 2.05) is 37.3 Å². The predicted octanol–water partition coefficient (Wildman–Crippen LogP) is 3.40. The van der Waals surface area contributed by atoms with Crippen LogP contribution in [0.1, 0.15) is 24.7 Å². The molecule has 2 N–H and O–H groups in total. The summed E-state index contributed by atoms with van der Waals surface area (Å²) in [5, 5.41) is 0. The second-order valence-corrected chi connectivity index (χ2v) is 5.12. The molecule has 2 aromatic rings. The quantitative estimate of drug-likeness (QED) is 0.826. The Hall–Kier alpha value is -2.23. The fourth-order valence-electron chi connectivity index (χ4n) is 2.43. The Balaban J connectivity index is 2.28. The minimum atomic E-state index is 0.722. The minimum absolute atomic E-state index is 0.722. The van der Waals surface area contributed by atoms with Crippen LogP contribution in [0.3, 0.4) is 0 Å². The van der Waals surface area contributed by atoms with Gasteiger partial charge in [-0.25, -0.2) is 0 Å². The molecule has 0 aliphatic rings. The molecule has 1 aromatic heterocycles. The van der Waals surface area contributed by atoms with Crippen molar-refractivity contribution in [3.8, 4) is 5.75 Å². The van der Waals surface area contributed by atoms with Crippen LogP contribution in [0.2, 0.25) is 0 Å². The first kappa shape index (κ1) is 15.2. The summed E-state index contributed by atoms with van der Waals surface area (Å²) in [4.78, 5) is 6.86. The number of para-hydroxylation sites is 2. The van der Waals surface area contributed by atoms with Crippen LogP contribution in [-0.4, -0.2) is 18.6 Å². The fourth-order valence-corrected chi connectivity index (χ4v) is 2.43. The molecule has 21 heavy (non-hydrogen) atoms. The Kier molecular flexibility index (Phi) is 5.04. The average molecular weight is 285 g/mol. The number of hydrogen-bond donors (Lipinski definition) is 1. The summed E-state index contributed by atoms with van der Waals surface area (Å²) in [5.74, 6) is 0.843. The molecule has 0 aliphatic carbocycles. The third kappa shape index (κ3) is 3.88. The first-order valence-corrected chi connectivity index (χ1v) is 7.25. The standard InChI is InChI=1S/C17H23N3O/c1-4-9-20(17-8-6-5-7-16(17)18)12-14-11-15(21-3)10-13(2)19-14/h5-8,10-11H,4,9,12,18H2,1-3H3. The highest BCUT2D eigenvalue weighted by atomic mass is 16.5. The number of rotatable bonds is 6. The smallest absolute Gasteiger partial charge is 0.122 e. The summed E-state index contributed by atoms with van der Waals surface area (Å²) >= 11 is 0. The highest BCUT2D eigenvalue weighted by Crippen LogP contribution is 2.25. The highest BCUT2D eigenvalue weighted by Gasteiger charge is 2.11. The lowest BCUT2D eigenvalue weighted by Crippen LogP contribution is -2.25. The average Bonchev–Trinajstić information content (AvgIpc) is 2.47. The van der Waals surface area contributed by atoms with Gasteiger partial charge < -0.3 is 15.4 Å². The zero-order valence-corrected chi connectivity index (χ0v) is 13.0. The van der Waals surface area contributed by atoms with Crippen LogP contribution >= 0.6 is 0 Å². The van der Waals surface area contributed by atoms with Crippen molar-refractivity contribution in [1.29, 1.82) is 0 Å². The number of nitrogen functional groups attached to an aromatic ring is 1. The van der Waals surface area contributed by atoms with Crippen molar-refractivity contribution in [2.45, 2.75) is 26.8 Å². The second kappa shape index (κ2) is 6.97. The second-order valence-electron chi connectivity index (χ2n) is 5.12. The van der Waals surface area contributed by atoms with E-state index in [0.717, 1.165) is 48.0 Å². The van der Waals surface area contributed by atoms with Crippen molar-refractivity contribution in [1.82, 2.24) is 4.98 Å². The first-order chi connectivity index (χ1) is 10.1. The Labute approximate surface area is 126 Å². The van der Waals surface area contributed by atoms with Gasteiger partial charge in [-0.3, -0.25) is 4.98 Å². The number of hydrogen-bond acceptors (Lipinski definition) is 4. The fraction of sp³-hybridized carbons (Fsp3) is 0.353. The molecule has 0 saturated carbocycles. The molecule has 0 atom stereocenters. The van der Waals surface area contributed by atoms with Crippen LogP contribution in [0.5, 0.6) is 5.75 Å². The normalized spacial score (nSPS) is 10.4. The predicted molar refractivity (Wildman–Crippen MR) is 87.7 cm³/mol. The van der Waals surface area contributed by atoms with Gasteiger partial charge in [0.05, 0.1) is 30.7 Å². The number of ether oxygens (including phenoxy) is 1. The molecule has 4 heteroatoms. The van der Waals surface area contributed by atoms with Crippen molar-refractivity contribution >= 4 is 11.4 Å². The highest BCUT2D eigenvalue weighted by molar-refractivity contribution is 5.67. The van der Waals surface area contributed by atoms with E-state index < -0.39 is 0 Å². The van der Waals surface area contributed by atoms with Crippen molar-refractivity contribution in [3.05, 3.63) is 47.8 Å². The molecule has 0 bridgehead atoms. The van der Waals surface area contributed by atoms with E-state index in [-0.39, 0.29) is 0 Å². The number of pyridine rings is 1. The number of aromatic nitrogens is 1. The summed E-state index contributed by atoms with van der Waals surface area (Å²) in [6, 6.07) is 11.9. The first-order valence-electron chi connectivity index (χ1n) is 7.25. The van der Waals surface area contributed by atoms with Crippen LogP contribution in [0, 0.1) is 6.92 Å². The number of benzene rings is 1. The van der Waals surface area contributed by atoms with Gasteiger partial charge >= 0.3 is 0 Å². The van der Waals surface area contributed by atoms with E-state index in [1.54, 1.807) is 7.11 Å². The SMILES string of the molecule is CCCN(Cc1cc(OC)cc(C)n1)c1ccccc1N. The molecule has 0 unspecified atom stereocenters. The Morgan fingerprint density at radius 2 is 2.00 bits per heavy atom. The summed E-state index contributed by atoms with van der Waals surface area (Å²) in [7, 11) is 1.68. The molecule has 4 nitrogen and oxygen atoms in total. The van der Waals surface area contributed by atoms with Crippen LogP contribution in [0.25, 0.3) is 0 Å². The number of aryl methyl sites for hydroxylation is 1. The molecular weight excluding hydrogens is 262 g/mol. The maximum absolute atomic E-state index is 6.10. The summed E-state index contributed by atoms with van der Waals surface area (Å²) in [6.07, 6.45) is 1.05. The maximum atomic E-state index is 6.10. The van der Waals surface area contributed by atoms with Crippen molar-refractivity contribution < 1.29 is 4.74 Å². The zero-order valence-electron chi connectivity index (χ0n) is 13.0. The van der Waals surface area contributed by atoms with Crippen LogP contribution in [-0.2, 0) is 6.54 Å². The largest absolute Gasteiger partial charge is 0.497 e. The summed E-state index contributed by atoms with van der Waals surface area (Å²) < 4.78 is 5.32. The molecule has 1 aromatic carbocycles. The monoisotopic (exact) mass is 285 g/mol. The van der Waals surface area contributed by atoms with E-state index in [4.69, 9.17) is 10.5 Å². The number of anilines is 2. The lowest BCUT2D eigenvalue weighted by molar-refractivity contribution is 0.413. The van der Waals surface area contributed by atoms with Gasteiger partial charge in [0.15, 0.2) is 0 Å². The van der Waals surface area contributed by atoms with Gasteiger partial charge in [0.2, 0.25) is 0 Å². The van der Waals surface area contributed by atoms with Crippen LogP contribution < -0.4 is 15.4 Å². The van der Waals surface area contributed by atoms with E-state index >= 15 is 0 Å². The number of nitrogens with two attached hydrogens (primary N) is 1. The topological polar surface area (TPSA) is 51.4 Å². The van der Waals surface area contributed by atoms with Gasteiger partial charge in [0.1, 0.15) is 5.75 Å². The van der Waals surface area contributed by atoms with Crippen molar-refractivity contribution in [2.75, 3.05) is 24.3 Å². The Bertz CT molecular complexity index is 598. The lowest BCUT2D eigenvalue weighted by atomic mass is 10.2. The van der Waals surface area contributed by atoms with Gasteiger partial charge in [-0.05, 0) is 25.5 Å². The molecule has 0 saturated heterocycles. The van der Waals surface area contributed by atoms with Crippen LogP contribution in [0.4, 0.5) is 11.4 Å². The Morgan fingerprint density at radius 3 is 2.67 bits per heavy atom. The van der Waals surface area contributed by atoms with E-state index in [0.29, 0.717) is 0 Å².